The van der Waals surface area contributed by atoms with E-state index >= 15 is 0 Å². The largest absolute Gasteiger partial charge is 0.313 e. The van der Waals surface area contributed by atoms with E-state index < -0.39 is 0 Å². The molecule has 2 rings (SSSR count). The van der Waals surface area contributed by atoms with Gasteiger partial charge in [0.1, 0.15) is 0 Å². The first-order chi connectivity index (χ1) is 9.67. The monoisotopic (exact) mass is 274 g/mol. The number of hydrogen-bond acceptors (Lipinski definition) is 2. The Kier molecular flexibility index (Phi) is 6.06. The number of hydrogen-bond donors (Lipinski definition) is 1. The maximum atomic E-state index is 3.63. The lowest BCUT2D eigenvalue weighted by Crippen LogP contribution is -2.37. The highest BCUT2D eigenvalue weighted by molar-refractivity contribution is 5.28. The van der Waals surface area contributed by atoms with Gasteiger partial charge in [-0.25, -0.2) is 0 Å². The molecule has 0 spiro atoms. The van der Waals surface area contributed by atoms with E-state index in [2.05, 4.69) is 49.2 Å². The minimum Gasteiger partial charge on any atom is -0.313 e. The summed E-state index contributed by atoms with van der Waals surface area (Å²) < 4.78 is 0. The van der Waals surface area contributed by atoms with E-state index in [4.69, 9.17) is 0 Å². The van der Waals surface area contributed by atoms with Crippen molar-refractivity contribution < 1.29 is 0 Å². The molecule has 0 saturated carbocycles. The second-order valence-corrected chi connectivity index (χ2v) is 6.38. The Morgan fingerprint density at radius 3 is 2.55 bits per heavy atom. The fourth-order valence-corrected chi connectivity index (χ4v) is 3.26. The second-order valence-electron chi connectivity index (χ2n) is 6.38. The molecule has 0 radical (unpaired) electrons. The van der Waals surface area contributed by atoms with Gasteiger partial charge in [0, 0.05) is 19.1 Å². The standard InChI is InChI=1S/C18H30N2/c1-4-5-9-20(14-18-7-6-8-19-18)13-17-11-15(2)10-16(3)12-17/h10-12,18-19H,4-9,13-14H2,1-3H3. The van der Waals surface area contributed by atoms with Crippen molar-refractivity contribution in [2.45, 2.75) is 59.0 Å². The summed E-state index contributed by atoms with van der Waals surface area (Å²) in [6, 6.07) is 7.65. The van der Waals surface area contributed by atoms with Gasteiger partial charge in [0.25, 0.3) is 0 Å². The van der Waals surface area contributed by atoms with Crippen molar-refractivity contribution in [3.8, 4) is 0 Å². The average molecular weight is 274 g/mol. The summed E-state index contributed by atoms with van der Waals surface area (Å²) >= 11 is 0. The van der Waals surface area contributed by atoms with Crippen LogP contribution in [0.2, 0.25) is 0 Å². The van der Waals surface area contributed by atoms with Crippen LogP contribution in [0.1, 0.15) is 49.3 Å². The Balaban J connectivity index is 1.97. The number of nitrogens with one attached hydrogen (secondary N) is 1. The molecule has 2 nitrogen and oxygen atoms in total. The smallest absolute Gasteiger partial charge is 0.0234 e. The maximum absolute atomic E-state index is 3.63. The molecular weight excluding hydrogens is 244 g/mol. The van der Waals surface area contributed by atoms with Crippen LogP contribution in [0.4, 0.5) is 0 Å². The third-order valence-electron chi connectivity index (χ3n) is 4.16. The molecule has 0 aliphatic carbocycles. The van der Waals surface area contributed by atoms with Gasteiger partial charge in [0.2, 0.25) is 0 Å². The van der Waals surface area contributed by atoms with Crippen LogP contribution in [-0.2, 0) is 6.54 Å². The van der Waals surface area contributed by atoms with E-state index in [0.29, 0.717) is 6.04 Å². The third-order valence-corrected chi connectivity index (χ3v) is 4.16. The minimum absolute atomic E-state index is 0.706. The van der Waals surface area contributed by atoms with E-state index in [-0.39, 0.29) is 0 Å². The zero-order valence-corrected chi connectivity index (χ0v) is 13.4. The van der Waals surface area contributed by atoms with Crippen LogP contribution in [0.5, 0.6) is 0 Å². The molecule has 2 heteroatoms. The molecule has 0 aromatic heterocycles. The van der Waals surface area contributed by atoms with E-state index in [0.717, 1.165) is 6.54 Å². The molecule has 0 bridgehead atoms. The van der Waals surface area contributed by atoms with E-state index in [1.807, 2.05) is 0 Å². The highest BCUT2D eigenvalue weighted by atomic mass is 15.1. The van der Waals surface area contributed by atoms with Crippen LogP contribution in [0.15, 0.2) is 18.2 Å². The molecule has 1 saturated heterocycles. The molecule has 1 aromatic rings. The van der Waals surface area contributed by atoms with Crippen LogP contribution in [0.3, 0.4) is 0 Å². The lowest BCUT2D eigenvalue weighted by molar-refractivity contribution is 0.237. The number of unbranched alkanes of at least 4 members (excludes halogenated alkanes) is 1. The minimum atomic E-state index is 0.706. The third kappa shape index (κ3) is 4.92. The Labute approximate surface area is 124 Å². The number of rotatable bonds is 7. The predicted molar refractivity (Wildman–Crippen MR) is 87.1 cm³/mol. The van der Waals surface area contributed by atoms with Crippen LogP contribution < -0.4 is 5.32 Å². The molecule has 1 aromatic carbocycles. The van der Waals surface area contributed by atoms with Crippen molar-refractivity contribution in [3.63, 3.8) is 0 Å². The zero-order chi connectivity index (χ0) is 14.4. The van der Waals surface area contributed by atoms with Crippen LogP contribution >= 0.6 is 0 Å². The highest BCUT2D eigenvalue weighted by Crippen LogP contribution is 2.14. The topological polar surface area (TPSA) is 15.3 Å². The van der Waals surface area contributed by atoms with E-state index in [9.17, 15) is 0 Å². The summed E-state index contributed by atoms with van der Waals surface area (Å²) in [5, 5.41) is 3.63. The molecule has 1 N–H and O–H groups in total. The fourth-order valence-electron chi connectivity index (χ4n) is 3.26. The van der Waals surface area contributed by atoms with Gasteiger partial charge in [-0.15, -0.1) is 0 Å². The lowest BCUT2D eigenvalue weighted by Gasteiger charge is -2.26. The Morgan fingerprint density at radius 2 is 1.95 bits per heavy atom. The molecule has 1 unspecified atom stereocenters. The molecule has 1 aliphatic rings. The van der Waals surface area contributed by atoms with Crippen molar-refractivity contribution in [1.29, 1.82) is 0 Å². The average Bonchev–Trinajstić information content (AvgIpc) is 2.87. The maximum Gasteiger partial charge on any atom is 0.0234 e. The predicted octanol–water partition coefficient (Wildman–Crippen LogP) is 3.66. The number of nitrogens with zero attached hydrogens (tertiary/aromatic N) is 1. The number of aryl methyl sites for hydroxylation is 2. The lowest BCUT2D eigenvalue weighted by atomic mass is 10.1. The SMILES string of the molecule is CCCCN(Cc1cc(C)cc(C)c1)CC1CCCN1. The molecule has 1 atom stereocenters. The molecular formula is C18H30N2. The second kappa shape index (κ2) is 7.80. The van der Waals surface area contributed by atoms with Crippen molar-refractivity contribution in [3.05, 3.63) is 34.9 Å². The first-order valence-electron chi connectivity index (χ1n) is 8.20. The van der Waals surface area contributed by atoms with Crippen molar-refractivity contribution in [1.82, 2.24) is 10.2 Å². The van der Waals surface area contributed by atoms with Crippen LogP contribution in [0.25, 0.3) is 0 Å². The van der Waals surface area contributed by atoms with E-state index in [1.54, 1.807) is 0 Å². The Morgan fingerprint density at radius 1 is 1.20 bits per heavy atom. The Bertz CT molecular complexity index is 388. The quantitative estimate of drug-likeness (QED) is 0.816. The van der Waals surface area contributed by atoms with Crippen LogP contribution in [-0.4, -0.2) is 30.6 Å². The number of benzene rings is 1. The summed E-state index contributed by atoms with van der Waals surface area (Å²) in [6.45, 7) is 11.4. The van der Waals surface area contributed by atoms with Gasteiger partial charge in [0.05, 0.1) is 0 Å². The normalized spacial score (nSPS) is 18.9. The summed E-state index contributed by atoms with van der Waals surface area (Å²) in [5.74, 6) is 0. The molecule has 20 heavy (non-hydrogen) atoms. The molecule has 1 aliphatic heterocycles. The summed E-state index contributed by atoms with van der Waals surface area (Å²) in [7, 11) is 0. The van der Waals surface area contributed by atoms with Crippen molar-refractivity contribution in [2.75, 3.05) is 19.6 Å². The first-order valence-corrected chi connectivity index (χ1v) is 8.20. The summed E-state index contributed by atoms with van der Waals surface area (Å²) in [6.07, 6.45) is 5.27. The van der Waals surface area contributed by atoms with Gasteiger partial charge >= 0.3 is 0 Å². The zero-order valence-electron chi connectivity index (χ0n) is 13.4. The fraction of sp³-hybridized carbons (Fsp3) is 0.667. The molecule has 1 heterocycles. The van der Waals surface area contributed by atoms with Gasteiger partial charge in [-0.1, -0.05) is 42.7 Å². The van der Waals surface area contributed by atoms with Crippen LogP contribution in [0, 0.1) is 13.8 Å². The summed E-state index contributed by atoms with van der Waals surface area (Å²) in [5.41, 5.74) is 4.24. The van der Waals surface area contributed by atoms with Gasteiger partial charge in [-0.3, -0.25) is 4.90 Å². The first kappa shape index (κ1) is 15.5. The van der Waals surface area contributed by atoms with Gasteiger partial charge < -0.3 is 5.32 Å². The van der Waals surface area contributed by atoms with Crippen molar-refractivity contribution >= 4 is 0 Å². The Hall–Kier alpha value is -0.860. The highest BCUT2D eigenvalue weighted by Gasteiger charge is 2.17. The van der Waals surface area contributed by atoms with Gasteiger partial charge in [-0.2, -0.15) is 0 Å². The summed E-state index contributed by atoms with van der Waals surface area (Å²) in [4.78, 5) is 2.64. The molecule has 0 amide bonds. The van der Waals surface area contributed by atoms with Gasteiger partial charge in [-0.05, 0) is 51.8 Å². The molecule has 112 valence electrons. The van der Waals surface area contributed by atoms with Gasteiger partial charge in [0.15, 0.2) is 0 Å². The molecule has 1 fully saturated rings. The van der Waals surface area contributed by atoms with E-state index in [1.165, 1.54) is 62.0 Å². The van der Waals surface area contributed by atoms with Crippen molar-refractivity contribution in [2.24, 2.45) is 0 Å².